The van der Waals surface area contributed by atoms with Crippen LogP contribution in [0.3, 0.4) is 0 Å². The summed E-state index contributed by atoms with van der Waals surface area (Å²) in [5.74, 6) is -2.22. The number of amides is 4. The van der Waals surface area contributed by atoms with E-state index in [4.69, 9.17) is 25.5 Å². The predicted octanol–water partition coefficient (Wildman–Crippen LogP) is 4.96. The molecule has 0 bridgehead atoms. The second-order valence-electron chi connectivity index (χ2n) is 18.6. The maximum atomic E-state index is 14.0. The molecule has 8 N–H and O–H groups in total. The van der Waals surface area contributed by atoms with Crippen molar-refractivity contribution in [2.75, 3.05) is 13.7 Å². The highest BCUT2D eigenvalue weighted by atomic mass is 31.2. The Balaban J connectivity index is 1.57. The summed E-state index contributed by atoms with van der Waals surface area (Å²) in [5.41, 5.74) is 12.6. The zero-order chi connectivity index (χ0) is 51.0. The summed E-state index contributed by atoms with van der Waals surface area (Å²) in [7, 11) is -3.43. The first-order valence-electron chi connectivity index (χ1n) is 22.2. The molecule has 370 valence electrons. The van der Waals surface area contributed by atoms with Crippen LogP contribution in [0.25, 0.3) is 22.1 Å². The fourth-order valence-electron chi connectivity index (χ4n) is 8.91. The van der Waals surface area contributed by atoms with Gasteiger partial charge in [0.05, 0.1) is 36.1 Å². The number of aromatic amines is 2. The average molecular weight is 973 g/mol. The largest absolute Gasteiger partial charge is 0.494 e. The second kappa shape index (κ2) is 19.6. The molecule has 0 spiro atoms. The van der Waals surface area contributed by atoms with Gasteiger partial charge in [-0.1, -0.05) is 53.7 Å². The van der Waals surface area contributed by atoms with Crippen molar-refractivity contribution in [2.45, 2.75) is 107 Å². The zero-order valence-electron chi connectivity index (χ0n) is 40.7. The van der Waals surface area contributed by atoms with Gasteiger partial charge in [-0.25, -0.2) is 4.57 Å². The molecule has 6 rings (SSSR count). The van der Waals surface area contributed by atoms with E-state index in [-0.39, 0.29) is 71.4 Å². The van der Waals surface area contributed by atoms with E-state index >= 15 is 0 Å². The summed E-state index contributed by atoms with van der Waals surface area (Å²) in [4.78, 5) is 87.8. The number of nitrogens with zero attached hydrogens (tertiary/aromatic N) is 8. The summed E-state index contributed by atoms with van der Waals surface area (Å²) in [6.45, 7) is 19.4. The SMILES string of the molecule is CCn1nc(C)cc1C(=O)/N=c1/[nH]c2cc(C(N)=O)cc(OC)c2n1C/C=C/Cn1/c(=N/C(=O)c2cc(C)nn2CC)[nH]c2cc(C(N)=O)cc(OC(CCOP(=O)(O)O)(C(C)(C)C)C(C)(C)C)c21. The van der Waals surface area contributed by atoms with Crippen LogP contribution in [-0.2, 0) is 35.3 Å². The number of aromatic nitrogens is 8. The normalized spacial score (nSPS) is 13.3. The number of fused-ring (bicyclic) bond motifs is 2. The molecule has 69 heavy (non-hydrogen) atoms. The number of phosphoric ester groups is 1. The first kappa shape index (κ1) is 51.5. The van der Waals surface area contributed by atoms with Crippen molar-refractivity contribution in [3.8, 4) is 11.5 Å². The van der Waals surface area contributed by atoms with Gasteiger partial charge < -0.3 is 49.8 Å². The maximum absolute atomic E-state index is 14.0. The number of primary amides is 2. The van der Waals surface area contributed by atoms with Crippen LogP contribution >= 0.6 is 7.82 Å². The fourth-order valence-corrected chi connectivity index (χ4v) is 9.24. The molecule has 0 radical (unpaired) electrons. The van der Waals surface area contributed by atoms with Crippen LogP contribution in [0, 0.1) is 24.7 Å². The van der Waals surface area contributed by atoms with Crippen LogP contribution in [0.4, 0.5) is 0 Å². The van der Waals surface area contributed by atoms with E-state index < -0.39 is 47.9 Å². The number of ether oxygens (including phenoxy) is 2. The first-order valence-corrected chi connectivity index (χ1v) is 23.7. The van der Waals surface area contributed by atoms with Crippen molar-refractivity contribution in [1.29, 1.82) is 0 Å². The Morgan fingerprint density at radius 1 is 0.725 bits per heavy atom. The average Bonchev–Trinajstić information content (AvgIpc) is 4.02. The van der Waals surface area contributed by atoms with Gasteiger partial charge in [-0.2, -0.15) is 20.2 Å². The van der Waals surface area contributed by atoms with Gasteiger partial charge in [0.1, 0.15) is 39.5 Å². The van der Waals surface area contributed by atoms with Crippen molar-refractivity contribution < 1.29 is 47.5 Å². The van der Waals surface area contributed by atoms with E-state index in [1.807, 2.05) is 55.4 Å². The lowest BCUT2D eigenvalue weighted by Gasteiger charge is -2.53. The Kier molecular flexibility index (Phi) is 14.7. The van der Waals surface area contributed by atoms with E-state index in [2.05, 4.69) is 30.2 Å². The first-order chi connectivity index (χ1) is 32.2. The molecule has 23 heteroatoms. The standard InChI is InChI=1S/C46H61N12O10P/c1-12-57-32(20-26(3)53-57)40(61)51-42-49-30-22-28(38(47)59)24-34(66-11)36(30)55(42)17-14-15-18-56-37-31(50-43(56)52-41(62)33-21-27(4)54-58(33)13-2)23-29(39(48)60)25-35(37)68-46(44(5,6)7,45(8,9)10)16-19-67-69(63,64)65/h14-15,20-25H,12-13,16-19H2,1-11H3,(H2,47,59)(H2,48,60)(H,49,51,61)(H,50,52,62)(H2,63,64,65)/b15-14+. The third-order valence-electron chi connectivity index (χ3n) is 11.9. The molecule has 0 fully saturated rings. The third-order valence-corrected chi connectivity index (χ3v) is 12.4. The topological polar surface area (TPSA) is 307 Å². The summed E-state index contributed by atoms with van der Waals surface area (Å²) >= 11 is 0. The molecule has 2 aromatic carbocycles. The Bertz CT molecular complexity index is 3180. The van der Waals surface area contributed by atoms with E-state index in [9.17, 15) is 33.5 Å². The molecule has 6 aromatic rings. The summed E-state index contributed by atoms with van der Waals surface area (Å²) < 4.78 is 36.2. The number of hydrogen-bond acceptors (Lipinski definition) is 10. The minimum atomic E-state index is -4.87. The number of hydrogen-bond donors (Lipinski definition) is 6. The Morgan fingerprint density at radius 2 is 1.14 bits per heavy atom. The smallest absolute Gasteiger partial charge is 0.469 e. The van der Waals surface area contributed by atoms with Gasteiger partial charge in [-0.3, -0.25) is 33.1 Å². The molecule has 22 nitrogen and oxygen atoms in total. The van der Waals surface area contributed by atoms with Crippen LogP contribution in [0.15, 0.2) is 58.5 Å². The molecule has 0 saturated carbocycles. The number of nitrogens with two attached hydrogens (primary N) is 2. The fraction of sp³-hybridized carbons (Fsp3) is 0.435. The lowest BCUT2D eigenvalue weighted by atomic mass is 9.61. The number of phosphoric acid groups is 1. The molecule has 4 heterocycles. The Labute approximate surface area is 397 Å². The van der Waals surface area contributed by atoms with Crippen LogP contribution in [0.1, 0.15) is 115 Å². The minimum Gasteiger partial charge on any atom is -0.494 e. The number of aryl methyl sites for hydroxylation is 4. The highest BCUT2D eigenvalue weighted by Gasteiger charge is 2.53. The zero-order valence-corrected chi connectivity index (χ0v) is 41.6. The molecule has 0 atom stereocenters. The number of carbonyl (C=O) groups is 4. The molecule has 0 aliphatic rings. The number of allylic oxidation sites excluding steroid dienone is 2. The van der Waals surface area contributed by atoms with Crippen LogP contribution in [0.5, 0.6) is 11.5 Å². The third kappa shape index (κ3) is 10.7. The highest BCUT2D eigenvalue weighted by Crippen LogP contribution is 2.51. The maximum Gasteiger partial charge on any atom is 0.469 e. The number of nitrogens with one attached hydrogen (secondary N) is 2. The van der Waals surface area contributed by atoms with E-state index in [0.29, 0.717) is 46.5 Å². The number of H-pyrrole nitrogens is 2. The van der Waals surface area contributed by atoms with E-state index in [0.717, 1.165) is 0 Å². The lowest BCUT2D eigenvalue weighted by molar-refractivity contribution is -0.125. The predicted molar refractivity (Wildman–Crippen MR) is 255 cm³/mol. The molecule has 4 amide bonds. The Hall–Kier alpha value is -6.87. The quantitative estimate of drug-likeness (QED) is 0.0522. The number of imidazole rings is 2. The minimum absolute atomic E-state index is 0.00364. The van der Waals surface area contributed by atoms with E-state index in [1.165, 1.54) is 30.0 Å². The van der Waals surface area contributed by atoms with Crippen LogP contribution in [0.2, 0.25) is 0 Å². The lowest BCUT2D eigenvalue weighted by Crippen LogP contribution is -2.58. The van der Waals surface area contributed by atoms with Crippen LogP contribution in [-0.4, -0.2) is 91.4 Å². The summed E-state index contributed by atoms with van der Waals surface area (Å²) in [5, 5.41) is 8.81. The van der Waals surface area contributed by atoms with Gasteiger partial charge in [0, 0.05) is 54.6 Å². The van der Waals surface area contributed by atoms with Crippen molar-refractivity contribution in [2.24, 2.45) is 32.3 Å². The van der Waals surface area contributed by atoms with Crippen LogP contribution < -0.4 is 32.2 Å². The van der Waals surface area contributed by atoms with Gasteiger partial charge in [-0.05, 0) is 64.1 Å². The summed E-state index contributed by atoms with van der Waals surface area (Å²) in [6, 6.07) is 9.32. The molecular formula is C46H61N12O10P. The molecular weight excluding hydrogens is 912 g/mol. The summed E-state index contributed by atoms with van der Waals surface area (Å²) in [6.07, 6.45) is 3.57. The van der Waals surface area contributed by atoms with Crippen molar-refractivity contribution in [3.05, 3.63) is 93.7 Å². The van der Waals surface area contributed by atoms with Gasteiger partial charge in [0.15, 0.2) is 0 Å². The molecule has 0 unspecified atom stereocenters. The Morgan fingerprint density at radius 3 is 1.52 bits per heavy atom. The van der Waals surface area contributed by atoms with Gasteiger partial charge in [-0.15, -0.1) is 0 Å². The molecule has 0 aliphatic carbocycles. The van der Waals surface area contributed by atoms with Gasteiger partial charge >= 0.3 is 7.82 Å². The van der Waals surface area contributed by atoms with E-state index in [1.54, 1.807) is 58.0 Å². The molecule has 0 aliphatic heterocycles. The number of methoxy groups -OCH3 is 1. The van der Waals surface area contributed by atoms with Gasteiger partial charge in [0.25, 0.3) is 11.8 Å². The number of benzene rings is 2. The molecule has 4 aromatic heterocycles. The monoisotopic (exact) mass is 972 g/mol. The number of carbonyl (C=O) groups excluding carboxylic acids is 4. The number of rotatable bonds is 17. The molecule has 0 saturated heterocycles. The second-order valence-corrected chi connectivity index (χ2v) is 19.8. The van der Waals surface area contributed by atoms with Crippen molar-refractivity contribution in [1.82, 2.24) is 38.7 Å². The van der Waals surface area contributed by atoms with Gasteiger partial charge in [0.2, 0.25) is 23.1 Å². The van der Waals surface area contributed by atoms with Crippen molar-refractivity contribution >= 4 is 53.5 Å². The van der Waals surface area contributed by atoms with Crippen molar-refractivity contribution in [3.63, 3.8) is 0 Å². The highest BCUT2D eigenvalue weighted by molar-refractivity contribution is 7.46.